The lowest BCUT2D eigenvalue weighted by Gasteiger charge is -2.27. The quantitative estimate of drug-likeness (QED) is 0.325. The molecule has 4 heteroatoms. The predicted octanol–water partition coefficient (Wildman–Crippen LogP) is 7.78. The van der Waals surface area contributed by atoms with Crippen molar-refractivity contribution in [2.24, 2.45) is 11.8 Å². The van der Waals surface area contributed by atoms with E-state index in [2.05, 4.69) is 24.0 Å². The van der Waals surface area contributed by atoms with Crippen LogP contribution in [0.1, 0.15) is 90.2 Å². The topological polar surface area (TPSA) is 35.0 Å². The highest BCUT2D eigenvalue weighted by Crippen LogP contribution is 2.33. The first-order valence-electron chi connectivity index (χ1n) is 12.4. The van der Waals surface area contributed by atoms with Crippen molar-refractivity contribution in [2.45, 2.75) is 90.9 Å². The summed E-state index contributed by atoms with van der Waals surface area (Å²) in [6.07, 6.45) is 14.8. The highest BCUT2D eigenvalue weighted by Gasteiger charge is 2.20. The lowest BCUT2D eigenvalue weighted by molar-refractivity contribution is 0.258. The number of hydrogen-bond donors (Lipinski definition) is 0. The van der Waals surface area contributed by atoms with Crippen molar-refractivity contribution in [1.82, 2.24) is 10.2 Å². The number of unbranched alkanes of at least 4 members (excludes halogenated alkanes) is 4. The molecule has 3 nitrogen and oxygen atoms in total. The second kappa shape index (κ2) is 12.8. The summed E-state index contributed by atoms with van der Waals surface area (Å²) in [4.78, 5) is 0. The van der Waals surface area contributed by atoms with Crippen molar-refractivity contribution in [3.63, 3.8) is 0 Å². The molecular weight excluding hydrogens is 387 g/mol. The van der Waals surface area contributed by atoms with Crippen molar-refractivity contribution >= 4 is 0 Å². The SMILES string of the molecule is CCCCCCCOc1ccc(-c2ccc(CCC3CCC(CC)CC3)nn2)c(F)c1. The molecule has 0 spiro atoms. The van der Waals surface area contributed by atoms with Gasteiger partial charge in [0, 0.05) is 11.6 Å². The van der Waals surface area contributed by atoms with Gasteiger partial charge in [0.05, 0.1) is 18.0 Å². The first-order chi connectivity index (χ1) is 15.2. The van der Waals surface area contributed by atoms with Crippen LogP contribution in [0.4, 0.5) is 4.39 Å². The van der Waals surface area contributed by atoms with Gasteiger partial charge in [-0.3, -0.25) is 0 Å². The first-order valence-corrected chi connectivity index (χ1v) is 12.4. The lowest BCUT2D eigenvalue weighted by atomic mass is 9.79. The number of halogens is 1. The average molecular weight is 427 g/mol. The molecule has 0 saturated heterocycles. The molecule has 0 amide bonds. The van der Waals surface area contributed by atoms with Crippen LogP contribution in [0, 0.1) is 17.7 Å². The molecule has 1 heterocycles. The fourth-order valence-electron chi connectivity index (χ4n) is 4.61. The molecule has 1 saturated carbocycles. The van der Waals surface area contributed by atoms with E-state index in [1.807, 2.05) is 18.2 Å². The second-order valence-electron chi connectivity index (χ2n) is 9.15. The molecular formula is C27H39FN2O. The summed E-state index contributed by atoms with van der Waals surface area (Å²) < 4.78 is 20.3. The maximum atomic E-state index is 14.6. The Morgan fingerprint density at radius 2 is 1.68 bits per heavy atom. The fraction of sp³-hybridized carbons (Fsp3) is 0.630. The number of hydrogen-bond acceptors (Lipinski definition) is 3. The van der Waals surface area contributed by atoms with Crippen LogP contribution < -0.4 is 4.74 Å². The minimum atomic E-state index is -0.307. The largest absolute Gasteiger partial charge is 0.493 e. The second-order valence-corrected chi connectivity index (χ2v) is 9.15. The van der Waals surface area contributed by atoms with E-state index in [-0.39, 0.29) is 5.82 Å². The van der Waals surface area contributed by atoms with Crippen LogP contribution in [0.5, 0.6) is 5.75 Å². The molecule has 31 heavy (non-hydrogen) atoms. The summed E-state index contributed by atoms with van der Waals surface area (Å²) >= 11 is 0. The monoisotopic (exact) mass is 426 g/mol. The molecule has 1 aromatic carbocycles. The first kappa shape index (κ1) is 23.7. The van der Waals surface area contributed by atoms with Gasteiger partial charge in [-0.15, -0.1) is 0 Å². The molecule has 0 N–H and O–H groups in total. The van der Waals surface area contributed by atoms with Crippen LogP contribution in [0.25, 0.3) is 11.3 Å². The zero-order valence-electron chi connectivity index (χ0n) is 19.4. The van der Waals surface area contributed by atoms with Gasteiger partial charge < -0.3 is 4.74 Å². The third-order valence-corrected chi connectivity index (χ3v) is 6.81. The molecule has 1 aromatic heterocycles. The van der Waals surface area contributed by atoms with Crippen LogP contribution in [0.3, 0.4) is 0 Å². The van der Waals surface area contributed by atoms with E-state index < -0.39 is 0 Å². The van der Waals surface area contributed by atoms with Crippen molar-refractivity contribution in [1.29, 1.82) is 0 Å². The summed E-state index contributed by atoms with van der Waals surface area (Å²) in [6, 6.07) is 8.93. The standard InChI is InChI=1S/C27H39FN2O/c1-3-5-6-7-8-19-31-24-16-17-25(26(28)20-24)27-18-15-23(29-30-27)14-13-22-11-9-21(4-2)10-12-22/h15-18,20-22H,3-14,19H2,1-2H3. The van der Waals surface area contributed by atoms with Crippen molar-refractivity contribution < 1.29 is 9.13 Å². The van der Waals surface area contributed by atoms with E-state index >= 15 is 0 Å². The number of aryl methyl sites for hydroxylation is 1. The van der Waals surface area contributed by atoms with Gasteiger partial charge in [0.2, 0.25) is 0 Å². The van der Waals surface area contributed by atoms with Crippen LogP contribution in [-0.2, 0) is 6.42 Å². The summed E-state index contributed by atoms with van der Waals surface area (Å²) in [5, 5.41) is 8.67. The normalized spacial score (nSPS) is 18.8. The third-order valence-electron chi connectivity index (χ3n) is 6.81. The third kappa shape index (κ3) is 7.59. The highest BCUT2D eigenvalue weighted by molar-refractivity contribution is 5.60. The van der Waals surface area contributed by atoms with E-state index in [1.54, 1.807) is 6.07 Å². The van der Waals surface area contributed by atoms with E-state index in [4.69, 9.17) is 4.74 Å². The van der Waals surface area contributed by atoms with Gasteiger partial charge in [-0.2, -0.15) is 10.2 Å². The van der Waals surface area contributed by atoms with Gasteiger partial charge in [0.25, 0.3) is 0 Å². The van der Waals surface area contributed by atoms with Gasteiger partial charge in [0.1, 0.15) is 11.6 Å². The van der Waals surface area contributed by atoms with Gasteiger partial charge in [-0.05, 0) is 55.4 Å². The Bertz CT molecular complexity index is 769. The predicted molar refractivity (Wildman–Crippen MR) is 126 cm³/mol. The molecule has 170 valence electrons. The van der Waals surface area contributed by atoms with Gasteiger partial charge in [0.15, 0.2) is 0 Å². The van der Waals surface area contributed by atoms with Crippen molar-refractivity contribution in [3.8, 4) is 17.0 Å². The molecule has 1 fully saturated rings. The zero-order valence-corrected chi connectivity index (χ0v) is 19.4. The summed E-state index contributed by atoms with van der Waals surface area (Å²) in [5.74, 6) is 2.03. The van der Waals surface area contributed by atoms with E-state index in [0.29, 0.717) is 23.6 Å². The van der Waals surface area contributed by atoms with Gasteiger partial charge in [-0.25, -0.2) is 4.39 Å². The molecule has 3 rings (SSSR count). The summed E-state index contributed by atoms with van der Waals surface area (Å²) in [5.41, 5.74) is 2.06. The maximum Gasteiger partial charge on any atom is 0.136 e. The van der Waals surface area contributed by atoms with Gasteiger partial charge in [-0.1, -0.05) is 71.6 Å². The molecule has 0 atom stereocenters. The highest BCUT2D eigenvalue weighted by atomic mass is 19.1. The number of ether oxygens (including phenoxy) is 1. The van der Waals surface area contributed by atoms with E-state index in [1.165, 1.54) is 63.9 Å². The molecule has 0 radical (unpaired) electrons. The summed E-state index contributed by atoms with van der Waals surface area (Å²) in [6.45, 7) is 5.15. The Morgan fingerprint density at radius 1 is 0.903 bits per heavy atom. The average Bonchev–Trinajstić information content (AvgIpc) is 2.81. The lowest BCUT2D eigenvalue weighted by Crippen LogP contribution is -2.14. The smallest absolute Gasteiger partial charge is 0.136 e. The Hall–Kier alpha value is -1.97. The number of benzene rings is 1. The molecule has 1 aliphatic rings. The Labute approximate surface area is 187 Å². The Morgan fingerprint density at radius 3 is 2.35 bits per heavy atom. The molecule has 0 bridgehead atoms. The van der Waals surface area contributed by atoms with Crippen molar-refractivity contribution in [3.05, 3.63) is 41.8 Å². The zero-order chi connectivity index (χ0) is 21.9. The minimum absolute atomic E-state index is 0.307. The number of aromatic nitrogens is 2. The number of nitrogens with zero attached hydrogens (tertiary/aromatic N) is 2. The molecule has 0 aliphatic heterocycles. The Kier molecular flexibility index (Phi) is 9.77. The van der Waals surface area contributed by atoms with Crippen LogP contribution in [-0.4, -0.2) is 16.8 Å². The minimum Gasteiger partial charge on any atom is -0.493 e. The fourth-order valence-corrected chi connectivity index (χ4v) is 4.61. The molecule has 1 aliphatic carbocycles. The van der Waals surface area contributed by atoms with Crippen molar-refractivity contribution in [2.75, 3.05) is 6.61 Å². The molecule has 0 unspecified atom stereocenters. The van der Waals surface area contributed by atoms with Crippen LogP contribution >= 0.6 is 0 Å². The number of rotatable bonds is 12. The van der Waals surface area contributed by atoms with Crippen LogP contribution in [0.15, 0.2) is 30.3 Å². The van der Waals surface area contributed by atoms with Crippen LogP contribution in [0.2, 0.25) is 0 Å². The maximum absolute atomic E-state index is 14.6. The van der Waals surface area contributed by atoms with E-state index in [9.17, 15) is 4.39 Å². The Balaban J connectivity index is 1.46. The van der Waals surface area contributed by atoms with Gasteiger partial charge >= 0.3 is 0 Å². The molecule has 2 aromatic rings. The van der Waals surface area contributed by atoms with E-state index in [0.717, 1.165) is 36.8 Å². The summed E-state index contributed by atoms with van der Waals surface area (Å²) in [7, 11) is 0.